The van der Waals surface area contributed by atoms with Gasteiger partial charge in [0, 0.05) is 32.2 Å². The number of methoxy groups -OCH3 is 3. The van der Waals surface area contributed by atoms with E-state index in [0.29, 0.717) is 30.3 Å². The zero-order valence-electron chi connectivity index (χ0n) is 23.6. The van der Waals surface area contributed by atoms with Crippen molar-refractivity contribution in [2.75, 3.05) is 41.5 Å². The van der Waals surface area contributed by atoms with Crippen LogP contribution in [0.3, 0.4) is 0 Å². The highest BCUT2D eigenvalue weighted by atomic mass is 16.7. The van der Waals surface area contributed by atoms with Crippen molar-refractivity contribution >= 4 is 0 Å². The van der Waals surface area contributed by atoms with E-state index in [2.05, 4.69) is 29.9 Å². The summed E-state index contributed by atoms with van der Waals surface area (Å²) in [5.74, 6) is 1.92. The molecule has 0 amide bonds. The maximum Gasteiger partial charge on any atom is 0.205 e. The van der Waals surface area contributed by atoms with Gasteiger partial charge in [-0.3, -0.25) is 4.98 Å². The molecular formula is C29H41N3O5. The molecule has 1 aromatic heterocycles. The lowest BCUT2D eigenvalue weighted by molar-refractivity contribution is -0.181. The standard InChI is InChI=1S/C29H41N3O5/c1-9-11-29(19-30,23-17-31-20(2)26-22(23)18-36-28(3,4)37-26)12-14-32(5)13-10-21-15-24(33-6)27(35-8)25(16-21)34-7/h15-17H,9-14,18H2,1-8H3. The molecule has 1 unspecified atom stereocenters. The fourth-order valence-electron chi connectivity index (χ4n) is 4.94. The molecule has 2 aromatic rings. The van der Waals surface area contributed by atoms with Crippen LogP contribution in [0.15, 0.2) is 18.3 Å². The zero-order valence-corrected chi connectivity index (χ0v) is 23.6. The number of fused-ring (bicyclic) bond motifs is 1. The Morgan fingerprint density at radius 3 is 2.35 bits per heavy atom. The second kappa shape index (κ2) is 12.0. The van der Waals surface area contributed by atoms with Crippen molar-refractivity contribution in [3.63, 3.8) is 0 Å². The summed E-state index contributed by atoms with van der Waals surface area (Å²) in [6, 6.07) is 6.64. The first-order valence-electron chi connectivity index (χ1n) is 12.8. The van der Waals surface area contributed by atoms with E-state index in [1.807, 2.05) is 39.1 Å². The molecule has 0 bridgehead atoms. The van der Waals surface area contributed by atoms with Crippen LogP contribution in [-0.4, -0.2) is 57.1 Å². The van der Waals surface area contributed by atoms with Gasteiger partial charge in [0.25, 0.3) is 0 Å². The number of benzene rings is 1. The summed E-state index contributed by atoms with van der Waals surface area (Å²) in [6.07, 6.45) is 4.97. The van der Waals surface area contributed by atoms with Gasteiger partial charge in [0.15, 0.2) is 11.5 Å². The quantitative estimate of drug-likeness (QED) is 0.385. The minimum Gasteiger partial charge on any atom is -0.493 e. The van der Waals surface area contributed by atoms with Gasteiger partial charge in [-0.05, 0) is 63.0 Å². The SMILES string of the molecule is CCCC(C#N)(CCN(C)CCc1cc(OC)c(OC)c(OC)c1)c1cnc(C)c2c1COC(C)(C)O2. The normalized spacial score (nSPS) is 15.8. The number of pyridine rings is 1. The van der Waals surface area contributed by atoms with Gasteiger partial charge in [-0.15, -0.1) is 0 Å². The number of nitriles is 1. The summed E-state index contributed by atoms with van der Waals surface area (Å²) in [4.78, 5) is 6.88. The number of likely N-dealkylation sites (N-methyl/N-ethyl adjacent to an activating group) is 1. The van der Waals surface area contributed by atoms with Crippen molar-refractivity contribution in [1.29, 1.82) is 5.26 Å². The van der Waals surface area contributed by atoms with Crippen LogP contribution >= 0.6 is 0 Å². The van der Waals surface area contributed by atoms with E-state index in [-0.39, 0.29) is 0 Å². The molecule has 0 radical (unpaired) electrons. The van der Waals surface area contributed by atoms with Gasteiger partial charge in [0.1, 0.15) is 5.75 Å². The van der Waals surface area contributed by atoms with Gasteiger partial charge in [-0.1, -0.05) is 13.3 Å². The van der Waals surface area contributed by atoms with Gasteiger partial charge >= 0.3 is 0 Å². The summed E-state index contributed by atoms with van der Waals surface area (Å²) in [6.45, 7) is 9.83. The molecule has 2 heterocycles. The van der Waals surface area contributed by atoms with Crippen molar-refractivity contribution in [2.45, 2.75) is 71.2 Å². The van der Waals surface area contributed by atoms with Crippen LogP contribution in [0, 0.1) is 18.3 Å². The Hall–Kier alpha value is -3.02. The monoisotopic (exact) mass is 511 g/mol. The topological polar surface area (TPSA) is 86.1 Å². The molecular weight excluding hydrogens is 470 g/mol. The maximum atomic E-state index is 10.5. The molecule has 0 spiro atoms. The van der Waals surface area contributed by atoms with Crippen molar-refractivity contribution in [3.05, 3.63) is 40.7 Å². The summed E-state index contributed by atoms with van der Waals surface area (Å²) in [5.41, 5.74) is 3.11. The predicted molar refractivity (Wildman–Crippen MR) is 143 cm³/mol. The molecule has 0 fully saturated rings. The number of nitrogens with zero attached hydrogens (tertiary/aromatic N) is 3. The number of rotatable bonds is 12. The van der Waals surface area contributed by atoms with Gasteiger partial charge in [0.2, 0.25) is 11.5 Å². The molecule has 1 aliphatic heterocycles. The van der Waals surface area contributed by atoms with Gasteiger partial charge in [-0.2, -0.15) is 5.26 Å². The lowest BCUT2D eigenvalue weighted by Crippen LogP contribution is -2.38. The molecule has 0 N–H and O–H groups in total. The zero-order chi connectivity index (χ0) is 27.2. The van der Waals surface area contributed by atoms with Gasteiger partial charge in [-0.25, -0.2) is 0 Å². The van der Waals surface area contributed by atoms with Gasteiger partial charge in [0.05, 0.1) is 45.1 Å². The second-order valence-electron chi connectivity index (χ2n) is 10.1. The molecule has 1 aliphatic rings. The summed E-state index contributed by atoms with van der Waals surface area (Å²) >= 11 is 0. The Labute approximate surface area is 221 Å². The first-order chi connectivity index (χ1) is 17.6. The van der Waals surface area contributed by atoms with E-state index < -0.39 is 11.2 Å². The Bertz CT molecular complexity index is 1100. The summed E-state index contributed by atoms with van der Waals surface area (Å²) in [7, 11) is 6.94. The van der Waals surface area contributed by atoms with Crippen LogP contribution in [0.1, 0.15) is 62.4 Å². The number of aromatic nitrogens is 1. The van der Waals surface area contributed by atoms with E-state index in [9.17, 15) is 5.26 Å². The predicted octanol–water partition coefficient (Wildman–Crippen LogP) is 5.19. The van der Waals surface area contributed by atoms with Crippen LogP contribution in [0.4, 0.5) is 0 Å². The lowest BCUT2D eigenvalue weighted by Gasteiger charge is -2.37. The van der Waals surface area contributed by atoms with E-state index >= 15 is 0 Å². The first kappa shape index (κ1) is 28.5. The molecule has 8 nitrogen and oxygen atoms in total. The minimum absolute atomic E-state index is 0.408. The fraction of sp³-hybridized carbons (Fsp3) is 0.586. The highest BCUT2D eigenvalue weighted by molar-refractivity contribution is 5.54. The first-order valence-corrected chi connectivity index (χ1v) is 12.8. The summed E-state index contributed by atoms with van der Waals surface area (Å²) in [5, 5.41) is 10.5. The largest absolute Gasteiger partial charge is 0.493 e. The van der Waals surface area contributed by atoms with Gasteiger partial charge < -0.3 is 28.6 Å². The van der Waals surface area contributed by atoms with Crippen LogP contribution in [0.2, 0.25) is 0 Å². The van der Waals surface area contributed by atoms with Crippen LogP contribution in [0.5, 0.6) is 23.0 Å². The highest BCUT2D eigenvalue weighted by Gasteiger charge is 2.39. The molecule has 202 valence electrons. The molecule has 1 atom stereocenters. The molecule has 0 saturated carbocycles. The highest BCUT2D eigenvalue weighted by Crippen LogP contribution is 2.43. The maximum absolute atomic E-state index is 10.5. The Morgan fingerprint density at radius 1 is 1.11 bits per heavy atom. The van der Waals surface area contributed by atoms with Crippen LogP contribution in [-0.2, 0) is 23.2 Å². The molecule has 37 heavy (non-hydrogen) atoms. The number of hydrogen-bond acceptors (Lipinski definition) is 8. The van der Waals surface area contributed by atoms with E-state index in [4.69, 9.17) is 23.7 Å². The second-order valence-corrected chi connectivity index (χ2v) is 10.1. The van der Waals surface area contributed by atoms with Crippen LogP contribution < -0.4 is 18.9 Å². The number of hydrogen-bond donors (Lipinski definition) is 0. The van der Waals surface area contributed by atoms with Crippen molar-refractivity contribution in [1.82, 2.24) is 9.88 Å². The third-order valence-corrected chi connectivity index (χ3v) is 7.06. The molecule has 1 aromatic carbocycles. The molecule has 0 aliphatic carbocycles. The number of aryl methyl sites for hydroxylation is 1. The summed E-state index contributed by atoms with van der Waals surface area (Å²) < 4.78 is 28.5. The van der Waals surface area contributed by atoms with E-state index in [1.165, 1.54) is 0 Å². The average molecular weight is 512 g/mol. The van der Waals surface area contributed by atoms with E-state index in [0.717, 1.165) is 60.5 Å². The Kier molecular flexibility index (Phi) is 9.27. The smallest absolute Gasteiger partial charge is 0.205 e. The van der Waals surface area contributed by atoms with Crippen molar-refractivity contribution < 1.29 is 23.7 Å². The fourth-order valence-corrected chi connectivity index (χ4v) is 4.94. The average Bonchev–Trinajstić information content (AvgIpc) is 2.89. The van der Waals surface area contributed by atoms with E-state index in [1.54, 1.807) is 21.3 Å². The minimum atomic E-state index is -0.717. The van der Waals surface area contributed by atoms with Crippen LogP contribution in [0.25, 0.3) is 0 Å². The molecule has 3 rings (SSSR count). The Balaban J connectivity index is 1.78. The molecule has 8 heteroatoms. The third-order valence-electron chi connectivity index (χ3n) is 7.06. The van der Waals surface area contributed by atoms with Crippen molar-refractivity contribution in [2.24, 2.45) is 0 Å². The lowest BCUT2D eigenvalue weighted by atomic mass is 9.73. The number of ether oxygens (including phenoxy) is 5. The molecule has 0 saturated heterocycles. The third kappa shape index (κ3) is 6.28. The Morgan fingerprint density at radius 2 is 1.78 bits per heavy atom. The van der Waals surface area contributed by atoms with Crippen molar-refractivity contribution in [3.8, 4) is 29.1 Å².